The first-order valence-electron chi connectivity index (χ1n) is 9.61. The summed E-state index contributed by atoms with van der Waals surface area (Å²) in [6.07, 6.45) is 1.88. The van der Waals surface area contributed by atoms with Gasteiger partial charge in [0.2, 0.25) is 0 Å². The van der Waals surface area contributed by atoms with Crippen LogP contribution in [0.15, 0.2) is 52.1 Å². The Kier molecular flexibility index (Phi) is 9.64. The molecule has 0 unspecified atom stereocenters. The number of piperazine rings is 1. The quantitative estimate of drug-likeness (QED) is 0.338. The van der Waals surface area contributed by atoms with Crippen LogP contribution < -0.4 is 10.2 Å². The fraction of sp³-hybridized carbons (Fsp3) is 0.429. The number of aromatic nitrogens is 1. The molecule has 3 rings (SSSR count). The first kappa shape index (κ1) is 23.9. The van der Waals surface area contributed by atoms with Crippen LogP contribution in [0.1, 0.15) is 11.1 Å². The van der Waals surface area contributed by atoms with Gasteiger partial charge in [-0.3, -0.25) is 4.99 Å². The second kappa shape index (κ2) is 11.7. The largest absolute Gasteiger partial charge is 0.354 e. The molecule has 0 atom stereocenters. The van der Waals surface area contributed by atoms with E-state index in [4.69, 9.17) is 0 Å². The topological polar surface area (TPSA) is 47.0 Å². The van der Waals surface area contributed by atoms with Crippen LogP contribution in [0.3, 0.4) is 0 Å². The zero-order valence-corrected chi connectivity index (χ0v) is 21.2. The lowest BCUT2D eigenvalue weighted by molar-refractivity contribution is 0.311. The highest BCUT2D eigenvalue weighted by molar-refractivity contribution is 14.0. The van der Waals surface area contributed by atoms with Crippen LogP contribution in [-0.2, 0) is 13.1 Å². The second-order valence-corrected chi connectivity index (χ2v) is 7.98. The summed E-state index contributed by atoms with van der Waals surface area (Å²) in [7, 11) is 6.05. The van der Waals surface area contributed by atoms with Crippen LogP contribution in [-0.4, -0.2) is 68.1 Å². The van der Waals surface area contributed by atoms with Crippen LogP contribution in [0.2, 0.25) is 0 Å². The van der Waals surface area contributed by atoms with Crippen molar-refractivity contribution in [1.82, 2.24) is 20.1 Å². The number of hydrogen-bond acceptors (Lipinski definition) is 4. The van der Waals surface area contributed by atoms with Gasteiger partial charge in [-0.05, 0) is 24.7 Å². The van der Waals surface area contributed by atoms with Gasteiger partial charge in [-0.25, -0.2) is 4.98 Å². The van der Waals surface area contributed by atoms with Gasteiger partial charge in [0.25, 0.3) is 0 Å². The van der Waals surface area contributed by atoms with Crippen LogP contribution >= 0.6 is 39.9 Å². The van der Waals surface area contributed by atoms with Gasteiger partial charge < -0.3 is 20.0 Å². The first-order chi connectivity index (χ1) is 13.6. The first-order valence-corrected chi connectivity index (χ1v) is 10.4. The number of pyridine rings is 1. The molecule has 1 aliphatic rings. The molecule has 158 valence electrons. The molecule has 1 saturated heterocycles. The number of anilines is 1. The van der Waals surface area contributed by atoms with E-state index in [1.807, 2.05) is 25.4 Å². The number of benzene rings is 1. The number of nitrogens with one attached hydrogen (secondary N) is 1. The smallest absolute Gasteiger partial charge is 0.193 e. The number of guanidine groups is 1. The highest BCUT2D eigenvalue weighted by atomic mass is 127. The average Bonchev–Trinajstić information content (AvgIpc) is 2.71. The highest BCUT2D eigenvalue weighted by Gasteiger charge is 2.18. The molecule has 0 saturated carbocycles. The van der Waals surface area contributed by atoms with E-state index in [9.17, 15) is 0 Å². The van der Waals surface area contributed by atoms with Gasteiger partial charge in [0.1, 0.15) is 5.82 Å². The fourth-order valence-electron chi connectivity index (χ4n) is 3.39. The molecule has 0 radical (unpaired) electrons. The molecule has 0 bridgehead atoms. The third-order valence-electron chi connectivity index (χ3n) is 5.05. The van der Waals surface area contributed by atoms with E-state index < -0.39 is 0 Å². The molecule has 1 aromatic heterocycles. The summed E-state index contributed by atoms with van der Waals surface area (Å²) in [4.78, 5) is 16.0. The second-order valence-electron chi connectivity index (χ2n) is 7.12. The zero-order chi connectivity index (χ0) is 19.9. The maximum Gasteiger partial charge on any atom is 0.193 e. The van der Waals surface area contributed by atoms with Gasteiger partial charge in [-0.15, -0.1) is 24.0 Å². The number of rotatable bonds is 5. The third kappa shape index (κ3) is 6.55. The maximum absolute atomic E-state index is 4.66. The summed E-state index contributed by atoms with van der Waals surface area (Å²) in [5.41, 5.74) is 2.43. The minimum atomic E-state index is 0. The summed E-state index contributed by atoms with van der Waals surface area (Å²) in [5.74, 6) is 1.94. The SMILES string of the molecule is CN=C(NCc1cccnc1N1CCN(C)CC1)N(C)Cc1ccccc1Br.I. The number of aliphatic imine (C=N–C) groups is 1. The standard InChI is InChI=1S/C21H29BrN6.HI/c1-23-21(27(3)16-18-7-4-5-9-19(18)22)25-15-17-8-6-10-24-20(17)28-13-11-26(2)12-14-28;/h4-10H,11-16H2,1-3H3,(H,23,25);1H. The van der Waals surface area contributed by atoms with E-state index >= 15 is 0 Å². The number of hydrogen-bond donors (Lipinski definition) is 1. The van der Waals surface area contributed by atoms with Crippen molar-refractivity contribution in [2.24, 2.45) is 4.99 Å². The van der Waals surface area contributed by atoms with Crippen LogP contribution in [0.5, 0.6) is 0 Å². The van der Waals surface area contributed by atoms with E-state index in [2.05, 4.69) is 84.3 Å². The molecule has 0 spiro atoms. The van der Waals surface area contributed by atoms with E-state index in [1.54, 1.807) is 0 Å². The molecular weight excluding hydrogens is 543 g/mol. The van der Waals surface area contributed by atoms with Crippen molar-refractivity contribution in [2.75, 3.05) is 52.2 Å². The van der Waals surface area contributed by atoms with Crippen molar-refractivity contribution in [3.63, 3.8) is 0 Å². The van der Waals surface area contributed by atoms with E-state index in [1.165, 1.54) is 11.1 Å². The van der Waals surface area contributed by atoms with Crippen molar-refractivity contribution in [1.29, 1.82) is 0 Å². The lowest BCUT2D eigenvalue weighted by Crippen LogP contribution is -2.45. The third-order valence-corrected chi connectivity index (χ3v) is 5.82. The Morgan fingerprint density at radius 1 is 1.14 bits per heavy atom. The summed E-state index contributed by atoms with van der Waals surface area (Å²) in [5, 5.41) is 3.50. The Morgan fingerprint density at radius 3 is 2.52 bits per heavy atom. The Morgan fingerprint density at radius 2 is 1.83 bits per heavy atom. The van der Waals surface area contributed by atoms with Crippen molar-refractivity contribution < 1.29 is 0 Å². The molecule has 0 aliphatic carbocycles. The van der Waals surface area contributed by atoms with Gasteiger partial charge in [-0.1, -0.05) is 40.2 Å². The Balaban J connectivity index is 0.00000300. The number of nitrogens with zero attached hydrogens (tertiary/aromatic N) is 5. The van der Waals surface area contributed by atoms with Gasteiger partial charge in [-0.2, -0.15) is 0 Å². The zero-order valence-electron chi connectivity index (χ0n) is 17.3. The predicted molar refractivity (Wildman–Crippen MR) is 135 cm³/mol. The molecule has 6 nitrogen and oxygen atoms in total. The summed E-state index contributed by atoms with van der Waals surface area (Å²) in [6, 6.07) is 12.4. The monoisotopic (exact) mass is 572 g/mol. The molecule has 29 heavy (non-hydrogen) atoms. The Labute approximate surface area is 199 Å². The molecule has 0 amide bonds. The highest BCUT2D eigenvalue weighted by Crippen LogP contribution is 2.19. The Hall–Kier alpha value is -1.39. The van der Waals surface area contributed by atoms with E-state index in [0.29, 0.717) is 6.54 Å². The van der Waals surface area contributed by atoms with Crippen LogP contribution in [0.4, 0.5) is 5.82 Å². The lowest BCUT2D eigenvalue weighted by atomic mass is 10.2. The molecule has 1 fully saturated rings. The average molecular weight is 573 g/mol. The van der Waals surface area contributed by atoms with Crippen LogP contribution in [0.25, 0.3) is 0 Å². The Bertz CT molecular complexity index is 807. The molecule has 1 aromatic carbocycles. The van der Waals surface area contributed by atoms with Crippen molar-refractivity contribution >= 4 is 51.7 Å². The van der Waals surface area contributed by atoms with Crippen molar-refractivity contribution in [3.8, 4) is 0 Å². The summed E-state index contributed by atoms with van der Waals surface area (Å²) in [6.45, 7) is 5.63. The van der Waals surface area contributed by atoms with Crippen molar-refractivity contribution in [3.05, 3.63) is 58.2 Å². The minimum absolute atomic E-state index is 0. The number of likely N-dealkylation sites (N-methyl/N-ethyl adjacent to an activating group) is 1. The molecular formula is C21H30BrIN6. The number of halogens is 2. The van der Waals surface area contributed by atoms with E-state index in [-0.39, 0.29) is 24.0 Å². The van der Waals surface area contributed by atoms with E-state index in [0.717, 1.165) is 49.0 Å². The van der Waals surface area contributed by atoms with Gasteiger partial charge in [0.05, 0.1) is 0 Å². The van der Waals surface area contributed by atoms with Gasteiger partial charge >= 0.3 is 0 Å². The molecule has 1 aliphatic heterocycles. The lowest BCUT2D eigenvalue weighted by Gasteiger charge is -2.34. The molecule has 2 aromatic rings. The molecule has 2 heterocycles. The molecule has 8 heteroatoms. The van der Waals surface area contributed by atoms with Gasteiger partial charge in [0, 0.05) is 69.6 Å². The minimum Gasteiger partial charge on any atom is -0.354 e. The maximum atomic E-state index is 4.66. The fourth-order valence-corrected chi connectivity index (χ4v) is 3.80. The predicted octanol–water partition coefficient (Wildman–Crippen LogP) is 3.42. The van der Waals surface area contributed by atoms with Crippen molar-refractivity contribution in [2.45, 2.75) is 13.1 Å². The normalized spacial score (nSPS) is 15.0. The molecule has 1 N–H and O–H groups in total. The summed E-state index contributed by atoms with van der Waals surface area (Å²) < 4.78 is 1.11. The van der Waals surface area contributed by atoms with Gasteiger partial charge in [0.15, 0.2) is 5.96 Å². The van der Waals surface area contributed by atoms with Crippen LogP contribution in [0, 0.1) is 0 Å². The summed E-state index contributed by atoms with van der Waals surface area (Å²) >= 11 is 3.63.